The van der Waals surface area contributed by atoms with E-state index >= 15 is 0 Å². The van der Waals surface area contributed by atoms with Crippen molar-refractivity contribution in [2.24, 2.45) is 0 Å². The lowest BCUT2D eigenvalue weighted by Gasteiger charge is -2.22. The minimum Gasteiger partial charge on any atom is -0.496 e. The van der Waals surface area contributed by atoms with Crippen LogP contribution in [0.2, 0.25) is 0 Å². The zero-order valence-corrected chi connectivity index (χ0v) is 14.6. The number of hydrogen-bond acceptors (Lipinski definition) is 3. The van der Waals surface area contributed by atoms with Crippen LogP contribution in [0.5, 0.6) is 5.75 Å². The lowest BCUT2D eigenvalue weighted by Crippen LogP contribution is -2.43. The highest BCUT2D eigenvalue weighted by Crippen LogP contribution is 2.31. The molecule has 4 nitrogen and oxygen atoms in total. The van der Waals surface area contributed by atoms with E-state index in [9.17, 15) is 4.79 Å². The molecule has 1 aliphatic heterocycles. The second-order valence-electron chi connectivity index (χ2n) is 5.77. The maximum Gasteiger partial charge on any atom is 0.241 e. The zero-order valence-electron chi connectivity index (χ0n) is 13.7. The number of ether oxygens (including phenoxy) is 1. The van der Waals surface area contributed by atoms with Crippen LogP contribution < -0.4 is 15.4 Å². The molecule has 5 heteroatoms. The molecule has 2 aromatic rings. The Morgan fingerprint density at radius 3 is 2.75 bits per heavy atom. The average Bonchev–Trinajstić information content (AvgIpc) is 2.62. The van der Waals surface area contributed by atoms with Gasteiger partial charge in [-0.15, -0.1) is 12.4 Å². The molecule has 1 amide bonds. The van der Waals surface area contributed by atoms with Gasteiger partial charge in [0.05, 0.1) is 13.2 Å². The van der Waals surface area contributed by atoms with Gasteiger partial charge in [0, 0.05) is 11.3 Å². The number of halogens is 1. The number of carbonyl (C=O) groups excluding carboxylic acids is 1. The van der Waals surface area contributed by atoms with E-state index in [0.29, 0.717) is 0 Å². The van der Waals surface area contributed by atoms with Gasteiger partial charge >= 0.3 is 0 Å². The first-order chi connectivity index (χ1) is 11.3. The van der Waals surface area contributed by atoms with E-state index < -0.39 is 0 Å². The van der Waals surface area contributed by atoms with Crippen molar-refractivity contribution >= 4 is 24.0 Å². The lowest BCUT2D eigenvalue weighted by atomic mass is 10.0. The third-order valence-corrected chi connectivity index (χ3v) is 4.17. The second-order valence-corrected chi connectivity index (χ2v) is 5.77. The standard InChI is InChI=1S/C19H22N2O2.ClH/c1-23-18-11-3-2-9-16(18)14-7-6-8-15(13-14)21-19(22)17-10-4-5-12-20-17;/h2-3,6-9,11,13,17,20H,4-5,10,12H2,1H3,(H,21,22);1H/t17-;/m0./s1. The highest BCUT2D eigenvalue weighted by molar-refractivity contribution is 5.95. The number of para-hydroxylation sites is 1. The molecule has 0 radical (unpaired) electrons. The van der Waals surface area contributed by atoms with Crippen molar-refractivity contribution in [3.63, 3.8) is 0 Å². The maximum atomic E-state index is 12.3. The van der Waals surface area contributed by atoms with E-state index in [4.69, 9.17) is 4.74 Å². The Labute approximate surface area is 149 Å². The molecule has 0 saturated carbocycles. The number of hydrogen-bond donors (Lipinski definition) is 2. The van der Waals surface area contributed by atoms with Gasteiger partial charge in [0.2, 0.25) is 5.91 Å². The van der Waals surface area contributed by atoms with Gasteiger partial charge in [-0.1, -0.05) is 36.8 Å². The van der Waals surface area contributed by atoms with Crippen molar-refractivity contribution in [2.75, 3.05) is 19.0 Å². The lowest BCUT2D eigenvalue weighted by molar-refractivity contribution is -0.118. The monoisotopic (exact) mass is 346 g/mol. The fraction of sp³-hybridized carbons (Fsp3) is 0.316. The van der Waals surface area contributed by atoms with Crippen LogP contribution in [0.3, 0.4) is 0 Å². The molecule has 1 atom stereocenters. The van der Waals surface area contributed by atoms with Gasteiger partial charge in [-0.2, -0.15) is 0 Å². The maximum absolute atomic E-state index is 12.3. The molecule has 0 spiro atoms. The molecule has 2 aromatic carbocycles. The number of piperidine rings is 1. The summed E-state index contributed by atoms with van der Waals surface area (Å²) in [4.78, 5) is 12.3. The molecule has 3 rings (SSSR count). The Morgan fingerprint density at radius 1 is 1.17 bits per heavy atom. The minimum atomic E-state index is -0.0846. The zero-order chi connectivity index (χ0) is 16.1. The van der Waals surface area contributed by atoms with Crippen LogP contribution in [0, 0.1) is 0 Å². The quantitative estimate of drug-likeness (QED) is 0.883. The fourth-order valence-electron chi connectivity index (χ4n) is 2.95. The van der Waals surface area contributed by atoms with Crippen LogP contribution >= 0.6 is 12.4 Å². The van der Waals surface area contributed by atoms with Crippen LogP contribution in [0.4, 0.5) is 5.69 Å². The number of rotatable bonds is 4. The largest absolute Gasteiger partial charge is 0.496 e. The summed E-state index contributed by atoms with van der Waals surface area (Å²) in [5, 5.41) is 6.29. The Hall–Kier alpha value is -2.04. The van der Waals surface area contributed by atoms with Crippen molar-refractivity contribution in [1.29, 1.82) is 0 Å². The van der Waals surface area contributed by atoms with Crippen molar-refractivity contribution in [3.05, 3.63) is 48.5 Å². The molecule has 0 aliphatic carbocycles. The Morgan fingerprint density at radius 2 is 2.00 bits per heavy atom. The summed E-state index contributed by atoms with van der Waals surface area (Å²) in [5.41, 5.74) is 2.85. The minimum absolute atomic E-state index is 0. The summed E-state index contributed by atoms with van der Waals surface area (Å²) < 4.78 is 5.42. The van der Waals surface area contributed by atoms with Gasteiger partial charge in [-0.3, -0.25) is 4.79 Å². The Kier molecular flexibility index (Phi) is 6.64. The summed E-state index contributed by atoms with van der Waals surface area (Å²) >= 11 is 0. The highest BCUT2D eigenvalue weighted by atomic mass is 35.5. The Balaban J connectivity index is 0.00000208. The predicted octanol–water partition coefficient (Wildman–Crippen LogP) is 3.86. The van der Waals surface area contributed by atoms with Crippen LogP contribution in [-0.4, -0.2) is 25.6 Å². The number of benzene rings is 2. The SMILES string of the molecule is COc1ccccc1-c1cccc(NC(=O)[C@@H]2CCCCN2)c1.Cl. The summed E-state index contributed by atoms with van der Waals surface area (Å²) in [5.74, 6) is 0.867. The second kappa shape index (κ2) is 8.71. The number of anilines is 1. The molecule has 0 unspecified atom stereocenters. The summed E-state index contributed by atoms with van der Waals surface area (Å²) in [7, 11) is 1.67. The Bertz CT molecular complexity index is 685. The molecule has 128 valence electrons. The first-order valence-electron chi connectivity index (χ1n) is 8.05. The van der Waals surface area contributed by atoms with Crippen molar-refractivity contribution in [2.45, 2.75) is 25.3 Å². The first-order valence-corrected chi connectivity index (χ1v) is 8.05. The summed E-state index contributed by atoms with van der Waals surface area (Å²) in [6.07, 6.45) is 3.15. The van der Waals surface area contributed by atoms with E-state index in [0.717, 1.165) is 48.4 Å². The van der Waals surface area contributed by atoms with Gasteiger partial charge < -0.3 is 15.4 Å². The average molecular weight is 347 g/mol. The first kappa shape index (κ1) is 18.3. The summed E-state index contributed by atoms with van der Waals surface area (Å²) in [6, 6.07) is 15.7. The molecule has 24 heavy (non-hydrogen) atoms. The van der Waals surface area contributed by atoms with Crippen LogP contribution in [0.1, 0.15) is 19.3 Å². The van der Waals surface area contributed by atoms with E-state index in [1.54, 1.807) is 7.11 Å². The van der Waals surface area contributed by atoms with E-state index in [-0.39, 0.29) is 24.4 Å². The van der Waals surface area contributed by atoms with E-state index in [2.05, 4.69) is 10.6 Å². The van der Waals surface area contributed by atoms with Crippen LogP contribution in [0.15, 0.2) is 48.5 Å². The number of methoxy groups -OCH3 is 1. The van der Waals surface area contributed by atoms with Gasteiger partial charge in [0.1, 0.15) is 5.75 Å². The number of carbonyl (C=O) groups is 1. The molecule has 1 aliphatic rings. The molecule has 1 fully saturated rings. The van der Waals surface area contributed by atoms with E-state index in [1.165, 1.54) is 0 Å². The van der Waals surface area contributed by atoms with Crippen molar-refractivity contribution < 1.29 is 9.53 Å². The topological polar surface area (TPSA) is 50.4 Å². The van der Waals surface area contributed by atoms with Crippen LogP contribution in [0.25, 0.3) is 11.1 Å². The van der Waals surface area contributed by atoms with E-state index in [1.807, 2.05) is 48.5 Å². The molecule has 2 N–H and O–H groups in total. The highest BCUT2D eigenvalue weighted by Gasteiger charge is 2.20. The fourth-order valence-corrected chi connectivity index (χ4v) is 2.95. The molecular formula is C19H23ClN2O2. The molecular weight excluding hydrogens is 324 g/mol. The van der Waals surface area contributed by atoms with Crippen LogP contribution in [-0.2, 0) is 4.79 Å². The predicted molar refractivity (Wildman–Crippen MR) is 99.9 cm³/mol. The molecule has 0 bridgehead atoms. The number of nitrogens with one attached hydrogen (secondary N) is 2. The third-order valence-electron chi connectivity index (χ3n) is 4.17. The normalized spacial score (nSPS) is 16.8. The van der Waals surface area contributed by atoms with Gasteiger partial charge in [-0.05, 0) is 43.1 Å². The smallest absolute Gasteiger partial charge is 0.241 e. The van der Waals surface area contributed by atoms with Crippen molar-refractivity contribution in [3.8, 4) is 16.9 Å². The summed E-state index contributed by atoms with van der Waals surface area (Å²) in [6.45, 7) is 0.916. The number of amides is 1. The molecule has 1 saturated heterocycles. The molecule has 1 heterocycles. The van der Waals surface area contributed by atoms with Gasteiger partial charge in [0.15, 0.2) is 0 Å². The van der Waals surface area contributed by atoms with Gasteiger partial charge in [-0.25, -0.2) is 0 Å². The van der Waals surface area contributed by atoms with Gasteiger partial charge in [0.25, 0.3) is 0 Å². The van der Waals surface area contributed by atoms with Crippen molar-refractivity contribution in [1.82, 2.24) is 5.32 Å². The third kappa shape index (κ3) is 4.28. The molecule has 0 aromatic heterocycles.